The van der Waals surface area contributed by atoms with E-state index in [1.54, 1.807) is 0 Å². The van der Waals surface area contributed by atoms with Gasteiger partial charge in [-0.1, -0.05) is 13.8 Å². The van der Waals surface area contributed by atoms with E-state index in [2.05, 4.69) is 5.32 Å². The number of rotatable bonds is 6. The van der Waals surface area contributed by atoms with Gasteiger partial charge in [-0.2, -0.15) is 0 Å². The second-order valence-corrected chi connectivity index (χ2v) is 4.90. The number of carbonyl (C=O) groups is 2. The number of hydrogen-bond donors (Lipinski definition) is 3. The molecular weight excluding hydrogens is 262 g/mol. The first-order valence-electron chi connectivity index (χ1n) is 8.26. The SMILES string of the molecule is [2H][13C]([2H])([2H])[13C](=O)N[C@@H]1[C@H](N)CC(C(=O)O)=C[C@@H]1OC(CC)CC. The molecule has 114 valence electrons. The van der Waals surface area contributed by atoms with Gasteiger partial charge in [0.1, 0.15) is 0 Å². The van der Waals surface area contributed by atoms with E-state index in [0.717, 1.165) is 0 Å². The molecule has 0 bridgehead atoms. The summed E-state index contributed by atoms with van der Waals surface area (Å²) in [6.45, 7) is 1.06. The van der Waals surface area contributed by atoms with Crippen LogP contribution in [0.1, 0.15) is 44.1 Å². The van der Waals surface area contributed by atoms with Crippen molar-refractivity contribution >= 4 is 11.9 Å². The van der Waals surface area contributed by atoms with Crippen molar-refractivity contribution in [3.05, 3.63) is 11.6 Å². The number of hydrogen-bond acceptors (Lipinski definition) is 4. The van der Waals surface area contributed by atoms with E-state index in [9.17, 15) is 9.59 Å². The Balaban J connectivity index is 3.03. The molecule has 0 aliphatic heterocycles. The largest absolute Gasteiger partial charge is 0.478 e. The fourth-order valence-corrected chi connectivity index (χ4v) is 2.32. The number of ether oxygens (including phenoxy) is 1. The summed E-state index contributed by atoms with van der Waals surface area (Å²) in [6, 6.07) is -1.52. The average molecular weight is 289 g/mol. The number of aliphatic carboxylic acids is 1. The highest BCUT2D eigenvalue weighted by molar-refractivity contribution is 5.87. The molecule has 0 aromatic rings. The van der Waals surface area contributed by atoms with Gasteiger partial charge in [0.05, 0.1) is 18.2 Å². The van der Waals surface area contributed by atoms with Gasteiger partial charge in [0.2, 0.25) is 5.91 Å². The van der Waals surface area contributed by atoms with Gasteiger partial charge >= 0.3 is 5.97 Å². The lowest BCUT2D eigenvalue weighted by Gasteiger charge is -2.36. The monoisotopic (exact) mass is 289 g/mol. The molecule has 1 aliphatic rings. The van der Waals surface area contributed by atoms with Gasteiger partial charge < -0.3 is 20.9 Å². The smallest absolute Gasteiger partial charge is 0.331 e. The van der Waals surface area contributed by atoms with Crippen molar-refractivity contribution in [2.24, 2.45) is 5.73 Å². The first-order chi connectivity index (χ1) is 10.6. The lowest BCUT2D eigenvalue weighted by atomic mass is 9.88. The molecule has 3 atom stereocenters. The number of nitrogens with two attached hydrogens (primary N) is 1. The highest BCUT2D eigenvalue weighted by Gasteiger charge is 2.35. The highest BCUT2D eigenvalue weighted by atomic mass is 16.5. The Kier molecular flexibility index (Phi) is 4.57. The van der Waals surface area contributed by atoms with Crippen LogP contribution in [-0.4, -0.2) is 41.3 Å². The maximum atomic E-state index is 11.7. The first kappa shape index (κ1) is 12.3. The zero-order chi connectivity index (χ0) is 17.8. The van der Waals surface area contributed by atoms with Crippen molar-refractivity contribution in [2.75, 3.05) is 0 Å². The number of carboxylic acid groups (broad SMARTS) is 1. The van der Waals surface area contributed by atoms with Crippen LogP contribution in [0.2, 0.25) is 0 Å². The Labute approximate surface area is 123 Å². The maximum absolute atomic E-state index is 11.7. The number of carboxylic acids is 1. The van der Waals surface area contributed by atoms with Crippen LogP contribution in [-0.2, 0) is 14.3 Å². The molecule has 6 nitrogen and oxygen atoms in total. The van der Waals surface area contributed by atoms with Gasteiger partial charge in [-0.3, -0.25) is 4.79 Å². The number of carbonyl (C=O) groups excluding carboxylic acids is 1. The molecule has 0 fully saturated rings. The van der Waals surface area contributed by atoms with Gasteiger partial charge in [-0.15, -0.1) is 0 Å². The van der Waals surface area contributed by atoms with Crippen molar-refractivity contribution in [3.8, 4) is 0 Å². The summed E-state index contributed by atoms with van der Waals surface area (Å²) in [7, 11) is 0. The van der Waals surface area contributed by atoms with Crippen molar-refractivity contribution in [3.63, 3.8) is 0 Å². The minimum Gasteiger partial charge on any atom is -0.478 e. The molecule has 4 N–H and O–H groups in total. The third-order valence-electron chi connectivity index (χ3n) is 3.47. The van der Waals surface area contributed by atoms with Crippen molar-refractivity contribution < 1.29 is 23.5 Å². The lowest BCUT2D eigenvalue weighted by molar-refractivity contribution is -0.133. The van der Waals surface area contributed by atoms with Crippen LogP contribution in [0.5, 0.6) is 0 Å². The van der Waals surface area contributed by atoms with E-state index in [1.165, 1.54) is 6.08 Å². The molecule has 0 saturated carbocycles. The molecule has 1 amide bonds. The summed E-state index contributed by atoms with van der Waals surface area (Å²) < 4.78 is 27.3. The van der Waals surface area contributed by atoms with Crippen LogP contribution in [0.25, 0.3) is 0 Å². The predicted molar refractivity (Wildman–Crippen MR) is 75.2 cm³/mol. The van der Waals surface area contributed by atoms with E-state index < -0.39 is 36.9 Å². The van der Waals surface area contributed by atoms with Crippen LogP contribution >= 0.6 is 0 Å². The molecule has 6 heteroatoms. The van der Waals surface area contributed by atoms with Gasteiger partial charge in [-0.05, 0) is 25.3 Å². The van der Waals surface area contributed by atoms with Crippen molar-refractivity contribution in [1.29, 1.82) is 0 Å². The minimum absolute atomic E-state index is 0.0318. The van der Waals surface area contributed by atoms with E-state index in [0.29, 0.717) is 12.8 Å². The van der Waals surface area contributed by atoms with Gasteiger partial charge in [0, 0.05) is 22.6 Å². The second kappa shape index (κ2) is 7.40. The standard InChI is InChI=1S/C14H24N2O4/c1-4-10(5-2)20-12-7-9(14(18)19)6-11(15)13(12)16-8(3)17/h7,10-13H,4-6,15H2,1-3H3,(H,16,17)(H,18,19)/t11-,12+,13-/m1/s1/i3+1D3,8+1. The summed E-state index contributed by atoms with van der Waals surface area (Å²) >= 11 is 0. The van der Waals surface area contributed by atoms with Crippen LogP contribution in [0, 0.1) is 0 Å². The Morgan fingerprint density at radius 3 is 2.75 bits per heavy atom. The van der Waals surface area contributed by atoms with Crippen molar-refractivity contribution in [1.82, 2.24) is 5.32 Å². The van der Waals surface area contributed by atoms with E-state index >= 15 is 0 Å². The molecule has 20 heavy (non-hydrogen) atoms. The Morgan fingerprint density at radius 1 is 1.60 bits per heavy atom. The summed E-state index contributed by atoms with van der Waals surface area (Å²) in [5, 5.41) is 11.5. The minimum atomic E-state index is -2.80. The van der Waals surface area contributed by atoms with Gasteiger partial charge in [0.15, 0.2) is 0 Å². The molecule has 0 spiro atoms. The van der Waals surface area contributed by atoms with E-state index in [-0.39, 0.29) is 18.1 Å². The zero-order valence-corrected chi connectivity index (χ0v) is 11.8. The Morgan fingerprint density at radius 2 is 2.25 bits per heavy atom. The van der Waals surface area contributed by atoms with E-state index in [1.807, 2.05) is 13.8 Å². The van der Waals surface area contributed by atoms with Crippen LogP contribution in [0.4, 0.5) is 0 Å². The van der Waals surface area contributed by atoms with E-state index in [4.69, 9.17) is 19.7 Å². The average Bonchev–Trinajstić information content (AvgIpc) is 2.45. The van der Waals surface area contributed by atoms with Crippen LogP contribution < -0.4 is 11.1 Å². The second-order valence-electron chi connectivity index (χ2n) is 4.90. The third-order valence-corrected chi connectivity index (χ3v) is 3.47. The molecule has 1 aliphatic carbocycles. The molecule has 0 aromatic carbocycles. The number of nitrogens with one attached hydrogen (secondary N) is 1. The molecule has 1 rings (SSSR count). The fourth-order valence-electron chi connectivity index (χ4n) is 2.32. The maximum Gasteiger partial charge on any atom is 0.331 e. The molecule has 0 unspecified atom stereocenters. The molecular formula is C14H24N2O4. The summed E-state index contributed by atoms with van der Waals surface area (Å²) in [5.41, 5.74) is 6.07. The van der Waals surface area contributed by atoms with Gasteiger partial charge in [0.25, 0.3) is 0 Å². The molecule has 0 saturated heterocycles. The quantitative estimate of drug-likeness (QED) is 0.628. The summed E-state index contributed by atoms with van der Waals surface area (Å²) in [5.74, 6) is -2.22. The van der Waals surface area contributed by atoms with Crippen molar-refractivity contribution in [2.45, 2.75) is 64.3 Å². The van der Waals surface area contributed by atoms with Crippen LogP contribution in [0.3, 0.4) is 0 Å². The summed E-state index contributed by atoms with van der Waals surface area (Å²) in [6.07, 6.45) is 1.94. The molecule has 0 heterocycles. The Bertz CT molecular complexity index is 475. The zero-order valence-electron chi connectivity index (χ0n) is 14.8. The normalized spacial score (nSPS) is 29.1. The number of amides is 1. The molecule has 0 aromatic heterocycles. The molecule has 0 radical (unpaired) electrons. The highest BCUT2D eigenvalue weighted by Crippen LogP contribution is 2.23. The topological polar surface area (TPSA) is 102 Å². The van der Waals surface area contributed by atoms with Crippen LogP contribution in [0.15, 0.2) is 11.6 Å². The summed E-state index contributed by atoms with van der Waals surface area (Å²) in [4.78, 5) is 22.9. The van der Waals surface area contributed by atoms with Gasteiger partial charge in [-0.25, -0.2) is 4.79 Å². The first-order valence-corrected chi connectivity index (χ1v) is 6.76. The fraction of sp³-hybridized carbons (Fsp3) is 0.714. The lowest BCUT2D eigenvalue weighted by Crippen LogP contribution is -2.57. The third kappa shape index (κ3) is 4.31. The Hall–Kier alpha value is -1.40. The predicted octanol–water partition coefficient (Wildman–Crippen LogP) is 0.807.